The van der Waals surface area contributed by atoms with E-state index in [0.29, 0.717) is 0 Å². The molecule has 0 spiro atoms. The van der Waals surface area contributed by atoms with Crippen LogP contribution in [0, 0.1) is 5.82 Å². The van der Waals surface area contributed by atoms with Crippen molar-refractivity contribution in [3.63, 3.8) is 0 Å². The number of rotatable bonds is 5. The normalized spacial score (nSPS) is 12.1. The lowest BCUT2D eigenvalue weighted by Crippen LogP contribution is -2.42. The molecule has 4 N–H and O–H groups in total. The van der Waals surface area contributed by atoms with E-state index in [0.717, 1.165) is 16.4 Å². The summed E-state index contributed by atoms with van der Waals surface area (Å²) in [6, 6.07) is 1.47. The van der Waals surface area contributed by atoms with Crippen LogP contribution in [0.2, 0.25) is 0 Å². The summed E-state index contributed by atoms with van der Waals surface area (Å²) >= 11 is 2.98. The minimum atomic E-state index is -4.03. The van der Waals surface area contributed by atoms with E-state index < -0.39 is 34.3 Å². The summed E-state index contributed by atoms with van der Waals surface area (Å²) in [5.41, 5.74) is 10.2. The molecule has 0 aliphatic rings. The Labute approximate surface area is 125 Å². The molecular formula is C11H15BrFN3O3S. The van der Waals surface area contributed by atoms with Gasteiger partial charge in [-0.05, 0) is 41.9 Å². The molecule has 0 aliphatic heterocycles. The van der Waals surface area contributed by atoms with E-state index in [1.165, 1.54) is 0 Å². The Kier molecular flexibility index (Phi) is 5.11. The van der Waals surface area contributed by atoms with Crippen LogP contribution < -0.4 is 11.5 Å². The number of nitrogen functional groups attached to an aromatic ring is 1. The third-order valence-corrected chi connectivity index (χ3v) is 5.51. The fourth-order valence-electron chi connectivity index (χ4n) is 1.57. The molecule has 0 heterocycles. The average Bonchev–Trinajstić information content (AvgIpc) is 2.29. The van der Waals surface area contributed by atoms with Gasteiger partial charge in [0, 0.05) is 10.5 Å². The zero-order chi connectivity index (χ0) is 15.7. The second kappa shape index (κ2) is 6.06. The Balaban J connectivity index is 3.41. The average molecular weight is 368 g/mol. The number of hydrogen-bond acceptors (Lipinski definition) is 4. The Hall–Kier alpha value is -1.19. The SMILES string of the molecule is CC(C)N(CC(N)=O)S(=O)(=O)c1cc(N)c(F)cc1Br. The van der Waals surface area contributed by atoms with Crippen molar-refractivity contribution in [1.82, 2.24) is 4.31 Å². The second-order valence-electron chi connectivity index (χ2n) is 4.41. The van der Waals surface area contributed by atoms with Gasteiger partial charge in [0.2, 0.25) is 15.9 Å². The summed E-state index contributed by atoms with van der Waals surface area (Å²) in [6.45, 7) is 2.73. The third kappa shape index (κ3) is 3.47. The largest absolute Gasteiger partial charge is 0.396 e. The van der Waals surface area contributed by atoms with E-state index in [-0.39, 0.29) is 15.1 Å². The van der Waals surface area contributed by atoms with Crippen LogP contribution in [-0.4, -0.2) is 31.2 Å². The van der Waals surface area contributed by atoms with Crippen molar-refractivity contribution in [2.24, 2.45) is 5.73 Å². The van der Waals surface area contributed by atoms with E-state index in [1.54, 1.807) is 13.8 Å². The van der Waals surface area contributed by atoms with Gasteiger partial charge in [-0.1, -0.05) is 0 Å². The van der Waals surface area contributed by atoms with Crippen LogP contribution in [0.5, 0.6) is 0 Å². The highest BCUT2D eigenvalue weighted by molar-refractivity contribution is 9.10. The lowest BCUT2D eigenvalue weighted by atomic mass is 10.3. The molecule has 0 radical (unpaired) electrons. The highest BCUT2D eigenvalue weighted by Gasteiger charge is 2.30. The van der Waals surface area contributed by atoms with Crippen LogP contribution >= 0.6 is 15.9 Å². The highest BCUT2D eigenvalue weighted by atomic mass is 79.9. The first-order chi connectivity index (χ1) is 9.07. The van der Waals surface area contributed by atoms with Gasteiger partial charge in [0.1, 0.15) is 5.82 Å². The lowest BCUT2D eigenvalue weighted by molar-refractivity contribution is -0.118. The van der Waals surface area contributed by atoms with E-state index in [4.69, 9.17) is 11.5 Å². The van der Waals surface area contributed by atoms with Crippen LogP contribution in [0.15, 0.2) is 21.5 Å². The summed E-state index contributed by atoms with van der Waals surface area (Å²) in [6.07, 6.45) is 0. The van der Waals surface area contributed by atoms with Crippen molar-refractivity contribution >= 4 is 37.5 Å². The Morgan fingerprint density at radius 3 is 2.45 bits per heavy atom. The zero-order valence-electron chi connectivity index (χ0n) is 10.9. The standard InChI is InChI=1S/C11H15BrFN3O3S/c1-6(2)16(5-11(15)17)20(18,19)10-4-9(14)8(13)3-7(10)12/h3-4,6H,5,14H2,1-2H3,(H2,15,17). The maximum absolute atomic E-state index is 13.3. The Morgan fingerprint density at radius 1 is 1.45 bits per heavy atom. The Morgan fingerprint density at radius 2 is 2.00 bits per heavy atom. The van der Waals surface area contributed by atoms with E-state index in [2.05, 4.69) is 15.9 Å². The first kappa shape index (κ1) is 16.9. The van der Waals surface area contributed by atoms with Gasteiger partial charge in [-0.25, -0.2) is 12.8 Å². The molecular weight excluding hydrogens is 353 g/mol. The van der Waals surface area contributed by atoms with Gasteiger partial charge < -0.3 is 11.5 Å². The van der Waals surface area contributed by atoms with E-state index in [1.807, 2.05) is 0 Å². The predicted molar refractivity (Wildman–Crippen MR) is 76.7 cm³/mol. The molecule has 0 saturated heterocycles. The van der Waals surface area contributed by atoms with Crippen molar-refractivity contribution in [3.05, 3.63) is 22.4 Å². The quantitative estimate of drug-likeness (QED) is 0.758. The summed E-state index contributed by atoms with van der Waals surface area (Å²) < 4.78 is 39.2. The number of nitrogens with zero attached hydrogens (tertiary/aromatic N) is 1. The van der Waals surface area contributed by atoms with E-state index >= 15 is 0 Å². The molecule has 6 nitrogen and oxygen atoms in total. The third-order valence-electron chi connectivity index (χ3n) is 2.53. The topological polar surface area (TPSA) is 106 Å². The minimum Gasteiger partial charge on any atom is -0.396 e. The van der Waals surface area contributed by atoms with Gasteiger partial charge in [-0.2, -0.15) is 4.31 Å². The van der Waals surface area contributed by atoms with Crippen LogP contribution in [-0.2, 0) is 14.8 Å². The second-order valence-corrected chi connectivity index (χ2v) is 7.13. The van der Waals surface area contributed by atoms with Gasteiger partial charge in [0.25, 0.3) is 0 Å². The summed E-state index contributed by atoms with van der Waals surface area (Å²) in [5.74, 6) is -1.52. The summed E-state index contributed by atoms with van der Waals surface area (Å²) in [7, 11) is -4.03. The molecule has 112 valence electrons. The molecule has 1 aromatic rings. The number of hydrogen-bond donors (Lipinski definition) is 2. The van der Waals surface area contributed by atoms with Crippen molar-refractivity contribution in [1.29, 1.82) is 0 Å². The number of anilines is 1. The van der Waals surface area contributed by atoms with Gasteiger partial charge >= 0.3 is 0 Å². The molecule has 20 heavy (non-hydrogen) atoms. The van der Waals surface area contributed by atoms with Crippen molar-refractivity contribution in [2.75, 3.05) is 12.3 Å². The Bertz CT molecular complexity index is 634. The maximum atomic E-state index is 13.3. The number of benzene rings is 1. The predicted octanol–water partition coefficient (Wildman–Crippen LogP) is 1.05. The highest BCUT2D eigenvalue weighted by Crippen LogP contribution is 2.29. The number of carbonyl (C=O) groups is 1. The number of sulfonamides is 1. The molecule has 0 aliphatic carbocycles. The van der Waals surface area contributed by atoms with Crippen LogP contribution in [0.4, 0.5) is 10.1 Å². The van der Waals surface area contributed by atoms with Gasteiger partial charge in [0.15, 0.2) is 0 Å². The molecule has 1 rings (SSSR count). The summed E-state index contributed by atoms with van der Waals surface area (Å²) in [4.78, 5) is 10.8. The van der Waals surface area contributed by atoms with Gasteiger partial charge in [0.05, 0.1) is 17.1 Å². The van der Waals surface area contributed by atoms with Gasteiger partial charge in [-0.15, -0.1) is 0 Å². The fraction of sp³-hybridized carbons (Fsp3) is 0.364. The van der Waals surface area contributed by atoms with Crippen molar-refractivity contribution in [3.8, 4) is 0 Å². The van der Waals surface area contributed by atoms with Gasteiger partial charge in [-0.3, -0.25) is 4.79 Å². The minimum absolute atomic E-state index is 0.0271. The number of nitrogens with two attached hydrogens (primary N) is 2. The molecule has 1 aromatic carbocycles. The smallest absolute Gasteiger partial charge is 0.244 e. The van der Waals surface area contributed by atoms with Crippen molar-refractivity contribution in [2.45, 2.75) is 24.8 Å². The molecule has 0 fully saturated rings. The summed E-state index contributed by atoms with van der Waals surface area (Å²) in [5, 5.41) is 0. The monoisotopic (exact) mass is 367 g/mol. The maximum Gasteiger partial charge on any atom is 0.244 e. The molecule has 1 amide bonds. The van der Waals surface area contributed by atoms with E-state index in [9.17, 15) is 17.6 Å². The van der Waals surface area contributed by atoms with Crippen molar-refractivity contribution < 1.29 is 17.6 Å². The van der Waals surface area contributed by atoms with Crippen LogP contribution in [0.3, 0.4) is 0 Å². The number of carbonyl (C=O) groups excluding carboxylic acids is 1. The first-order valence-corrected chi connectivity index (χ1v) is 7.85. The molecule has 0 saturated carbocycles. The molecule has 0 aromatic heterocycles. The number of primary amides is 1. The van der Waals surface area contributed by atoms with Crippen LogP contribution in [0.1, 0.15) is 13.8 Å². The number of halogens is 2. The lowest BCUT2D eigenvalue weighted by Gasteiger charge is -2.25. The zero-order valence-corrected chi connectivity index (χ0v) is 13.3. The molecule has 0 atom stereocenters. The number of amides is 1. The molecule has 0 unspecified atom stereocenters. The fourth-order valence-corrected chi connectivity index (χ4v) is 4.18. The molecule has 9 heteroatoms. The van der Waals surface area contributed by atoms with Crippen LogP contribution in [0.25, 0.3) is 0 Å². The molecule has 0 bridgehead atoms. The first-order valence-electron chi connectivity index (χ1n) is 5.62.